The molecule has 1 atom stereocenters. The summed E-state index contributed by atoms with van der Waals surface area (Å²) < 4.78 is 13.0. The van der Waals surface area contributed by atoms with Gasteiger partial charge in [-0.3, -0.25) is 0 Å². The van der Waals surface area contributed by atoms with Crippen LogP contribution in [0.2, 0.25) is 0 Å². The van der Waals surface area contributed by atoms with Gasteiger partial charge in [-0.05, 0) is 44.1 Å². The van der Waals surface area contributed by atoms with E-state index in [1.165, 1.54) is 6.07 Å². The Labute approximate surface area is 89.9 Å². The molecule has 0 radical (unpaired) electrons. The highest BCUT2D eigenvalue weighted by Gasteiger charge is 2.32. The SMILES string of the molecule is CN1CCC(N)(Cc2cccc(F)c2)C1. The van der Waals surface area contributed by atoms with Crippen LogP contribution in [0.3, 0.4) is 0 Å². The molecule has 0 bridgehead atoms. The highest BCUT2D eigenvalue weighted by molar-refractivity contribution is 5.20. The van der Waals surface area contributed by atoms with Gasteiger partial charge in [-0.1, -0.05) is 12.1 Å². The van der Waals surface area contributed by atoms with Crippen molar-refractivity contribution >= 4 is 0 Å². The average Bonchev–Trinajstić information content (AvgIpc) is 2.45. The quantitative estimate of drug-likeness (QED) is 0.796. The molecule has 1 aliphatic heterocycles. The summed E-state index contributed by atoms with van der Waals surface area (Å²) in [7, 11) is 2.07. The summed E-state index contributed by atoms with van der Waals surface area (Å²) in [5.41, 5.74) is 7.08. The Bertz CT molecular complexity index is 353. The van der Waals surface area contributed by atoms with Crippen molar-refractivity contribution in [3.8, 4) is 0 Å². The number of rotatable bonds is 2. The molecule has 0 saturated carbocycles. The standard InChI is InChI=1S/C12H17FN2/c1-15-6-5-12(14,9-15)8-10-3-2-4-11(13)7-10/h2-4,7H,5-6,8-9,14H2,1H3. The van der Waals surface area contributed by atoms with Gasteiger partial charge in [-0.15, -0.1) is 0 Å². The molecule has 1 fully saturated rings. The molecule has 0 aliphatic carbocycles. The molecule has 1 heterocycles. The molecule has 1 aliphatic rings. The first-order valence-electron chi connectivity index (χ1n) is 5.29. The molecule has 82 valence electrons. The van der Waals surface area contributed by atoms with Gasteiger partial charge in [-0.2, -0.15) is 0 Å². The molecular formula is C12H17FN2. The lowest BCUT2D eigenvalue weighted by Crippen LogP contribution is -2.44. The van der Waals surface area contributed by atoms with E-state index in [0.717, 1.165) is 31.5 Å². The van der Waals surface area contributed by atoms with Crippen molar-refractivity contribution < 1.29 is 4.39 Å². The van der Waals surface area contributed by atoms with Crippen molar-refractivity contribution in [2.75, 3.05) is 20.1 Å². The molecule has 15 heavy (non-hydrogen) atoms. The predicted molar refractivity (Wildman–Crippen MR) is 59.1 cm³/mol. The van der Waals surface area contributed by atoms with Gasteiger partial charge in [0.25, 0.3) is 0 Å². The van der Waals surface area contributed by atoms with Crippen LogP contribution in [-0.2, 0) is 6.42 Å². The number of benzene rings is 1. The number of halogens is 1. The predicted octanol–water partition coefficient (Wildman–Crippen LogP) is 1.40. The fourth-order valence-electron chi connectivity index (χ4n) is 2.31. The van der Waals surface area contributed by atoms with Crippen LogP contribution >= 0.6 is 0 Å². The van der Waals surface area contributed by atoms with E-state index in [4.69, 9.17) is 5.73 Å². The number of nitrogens with zero attached hydrogens (tertiary/aromatic N) is 1. The second kappa shape index (κ2) is 3.91. The molecule has 2 nitrogen and oxygen atoms in total. The van der Waals surface area contributed by atoms with Crippen LogP contribution in [0.4, 0.5) is 4.39 Å². The second-order valence-electron chi connectivity index (χ2n) is 4.66. The van der Waals surface area contributed by atoms with Crippen LogP contribution in [0.15, 0.2) is 24.3 Å². The van der Waals surface area contributed by atoms with Crippen LogP contribution in [0.25, 0.3) is 0 Å². The van der Waals surface area contributed by atoms with Crippen molar-refractivity contribution in [1.29, 1.82) is 0 Å². The van der Waals surface area contributed by atoms with Gasteiger partial charge in [0.05, 0.1) is 0 Å². The lowest BCUT2D eigenvalue weighted by atomic mass is 9.91. The van der Waals surface area contributed by atoms with Gasteiger partial charge in [-0.25, -0.2) is 4.39 Å². The van der Waals surface area contributed by atoms with Crippen LogP contribution in [0, 0.1) is 5.82 Å². The Hall–Kier alpha value is -0.930. The van der Waals surface area contributed by atoms with Crippen molar-refractivity contribution in [2.45, 2.75) is 18.4 Å². The molecule has 0 aromatic heterocycles. The third-order valence-electron chi connectivity index (χ3n) is 3.02. The molecule has 1 aromatic carbocycles. The molecule has 1 saturated heterocycles. The maximum Gasteiger partial charge on any atom is 0.123 e. The summed E-state index contributed by atoms with van der Waals surface area (Å²) in [6.07, 6.45) is 1.75. The summed E-state index contributed by atoms with van der Waals surface area (Å²) in [5.74, 6) is -0.178. The Balaban J connectivity index is 2.08. The van der Waals surface area contributed by atoms with E-state index in [1.54, 1.807) is 12.1 Å². The first-order valence-corrected chi connectivity index (χ1v) is 5.29. The van der Waals surface area contributed by atoms with E-state index in [-0.39, 0.29) is 11.4 Å². The van der Waals surface area contributed by atoms with Crippen LogP contribution < -0.4 is 5.73 Å². The maximum absolute atomic E-state index is 13.0. The summed E-state index contributed by atoms with van der Waals surface area (Å²) in [4.78, 5) is 2.22. The highest BCUT2D eigenvalue weighted by atomic mass is 19.1. The van der Waals surface area contributed by atoms with E-state index < -0.39 is 0 Å². The van der Waals surface area contributed by atoms with Gasteiger partial charge >= 0.3 is 0 Å². The number of hydrogen-bond donors (Lipinski definition) is 1. The molecule has 3 heteroatoms. The molecule has 1 unspecified atom stereocenters. The van der Waals surface area contributed by atoms with Crippen molar-refractivity contribution in [2.24, 2.45) is 5.73 Å². The van der Waals surface area contributed by atoms with Gasteiger partial charge in [0.2, 0.25) is 0 Å². The number of nitrogens with two attached hydrogens (primary N) is 1. The fraction of sp³-hybridized carbons (Fsp3) is 0.500. The van der Waals surface area contributed by atoms with Crippen molar-refractivity contribution in [1.82, 2.24) is 4.90 Å². The maximum atomic E-state index is 13.0. The zero-order chi connectivity index (χ0) is 10.9. The number of hydrogen-bond acceptors (Lipinski definition) is 2. The molecule has 2 N–H and O–H groups in total. The zero-order valence-corrected chi connectivity index (χ0v) is 9.04. The number of likely N-dealkylation sites (N-methyl/N-ethyl adjacent to an activating group) is 1. The lowest BCUT2D eigenvalue weighted by molar-refractivity contribution is 0.366. The van der Waals surface area contributed by atoms with Gasteiger partial charge in [0.1, 0.15) is 5.82 Å². The Morgan fingerprint density at radius 1 is 1.53 bits per heavy atom. The van der Waals surface area contributed by atoms with Gasteiger partial charge in [0.15, 0.2) is 0 Å². The van der Waals surface area contributed by atoms with Crippen molar-refractivity contribution in [3.05, 3.63) is 35.6 Å². The molecular weight excluding hydrogens is 191 g/mol. The molecule has 0 amide bonds. The monoisotopic (exact) mass is 208 g/mol. The fourth-order valence-corrected chi connectivity index (χ4v) is 2.31. The third kappa shape index (κ3) is 2.55. The van der Waals surface area contributed by atoms with E-state index in [0.29, 0.717) is 0 Å². The minimum atomic E-state index is -0.178. The van der Waals surface area contributed by atoms with Crippen LogP contribution in [0.5, 0.6) is 0 Å². The molecule has 1 aromatic rings. The minimum Gasteiger partial charge on any atom is -0.324 e. The van der Waals surface area contributed by atoms with Crippen LogP contribution in [-0.4, -0.2) is 30.6 Å². The first-order chi connectivity index (χ1) is 7.07. The summed E-state index contributed by atoms with van der Waals surface area (Å²) >= 11 is 0. The van der Waals surface area contributed by atoms with Crippen LogP contribution in [0.1, 0.15) is 12.0 Å². The molecule has 2 rings (SSSR count). The first kappa shape index (κ1) is 10.6. The average molecular weight is 208 g/mol. The third-order valence-corrected chi connectivity index (χ3v) is 3.02. The Kier molecular flexibility index (Phi) is 2.76. The normalized spacial score (nSPS) is 27.1. The molecule has 0 spiro atoms. The van der Waals surface area contributed by atoms with Gasteiger partial charge in [0, 0.05) is 12.1 Å². The minimum absolute atomic E-state index is 0.178. The summed E-state index contributed by atoms with van der Waals surface area (Å²) in [6, 6.07) is 6.73. The largest absolute Gasteiger partial charge is 0.324 e. The highest BCUT2D eigenvalue weighted by Crippen LogP contribution is 2.22. The van der Waals surface area contributed by atoms with E-state index >= 15 is 0 Å². The van der Waals surface area contributed by atoms with E-state index in [9.17, 15) is 4.39 Å². The zero-order valence-electron chi connectivity index (χ0n) is 9.04. The summed E-state index contributed by atoms with van der Waals surface area (Å²) in [6.45, 7) is 1.93. The smallest absolute Gasteiger partial charge is 0.123 e. The van der Waals surface area contributed by atoms with Gasteiger partial charge < -0.3 is 10.6 Å². The lowest BCUT2D eigenvalue weighted by Gasteiger charge is -2.23. The van der Waals surface area contributed by atoms with Crippen molar-refractivity contribution in [3.63, 3.8) is 0 Å². The topological polar surface area (TPSA) is 29.3 Å². The Morgan fingerprint density at radius 3 is 2.93 bits per heavy atom. The summed E-state index contributed by atoms with van der Waals surface area (Å²) in [5, 5.41) is 0. The number of likely N-dealkylation sites (tertiary alicyclic amines) is 1. The second-order valence-corrected chi connectivity index (χ2v) is 4.66. The Morgan fingerprint density at radius 2 is 2.33 bits per heavy atom. The van der Waals surface area contributed by atoms with E-state index in [1.807, 2.05) is 6.07 Å². The van der Waals surface area contributed by atoms with E-state index in [2.05, 4.69) is 11.9 Å².